The number of methoxy groups -OCH3 is 1. The Labute approximate surface area is 155 Å². The van der Waals surface area contributed by atoms with Gasteiger partial charge in [0.25, 0.3) is 0 Å². The summed E-state index contributed by atoms with van der Waals surface area (Å²) >= 11 is 6.46. The zero-order chi connectivity index (χ0) is 17.8. The van der Waals surface area contributed by atoms with Gasteiger partial charge in [0.1, 0.15) is 0 Å². The van der Waals surface area contributed by atoms with E-state index in [1.165, 1.54) is 5.56 Å². The lowest BCUT2D eigenvalue weighted by Crippen LogP contribution is -2.60. The number of benzene rings is 1. The molecule has 0 aromatic heterocycles. The van der Waals surface area contributed by atoms with Gasteiger partial charge in [0.15, 0.2) is 11.5 Å². The first-order chi connectivity index (χ1) is 12.1. The van der Waals surface area contributed by atoms with Crippen molar-refractivity contribution in [3.63, 3.8) is 0 Å². The molecule has 1 atom stereocenters. The second kappa shape index (κ2) is 8.58. The first kappa shape index (κ1) is 18.8. The van der Waals surface area contributed by atoms with E-state index in [0.29, 0.717) is 22.6 Å². The van der Waals surface area contributed by atoms with E-state index in [1.807, 2.05) is 19.1 Å². The van der Waals surface area contributed by atoms with Crippen molar-refractivity contribution in [1.82, 2.24) is 9.80 Å². The minimum absolute atomic E-state index is 0.113. The second-order valence-electron chi connectivity index (χ2n) is 6.94. The van der Waals surface area contributed by atoms with Crippen LogP contribution in [0.1, 0.15) is 25.8 Å². The molecule has 0 bridgehead atoms. The summed E-state index contributed by atoms with van der Waals surface area (Å²) in [6.45, 7) is 11.1. The lowest BCUT2D eigenvalue weighted by atomic mass is 10.0. The summed E-state index contributed by atoms with van der Waals surface area (Å²) in [6.07, 6.45) is 1.04. The first-order valence-electron chi connectivity index (χ1n) is 9.18. The van der Waals surface area contributed by atoms with Crippen LogP contribution >= 0.6 is 11.6 Å². The highest BCUT2D eigenvalue weighted by Gasteiger charge is 2.32. The predicted octanol–water partition coefficient (Wildman–Crippen LogP) is 3.04. The summed E-state index contributed by atoms with van der Waals surface area (Å²) in [5, 5.41) is 0.625. The smallest absolute Gasteiger partial charge is 0.180 e. The Morgan fingerprint density at radius 3 is 2.64 bits per heavy atom. The van der Waals surface area contributed by atoms with Gasteiger partial charge in [-0.2, -0.15) is 0 Å². The predicted molar refractivity (Wildman–Crippen MR) is 99.8 cm³/mol. The van der Waals surface area contributed by atoms with E-state index in [0.717, 1.165) is 52.4 Å². The van der Waals surface area contributed by atoms with Gasteiger partial charge in [-0.15, -0.1) is 0 Å². The molecule has 3 rings (SSSR count). The first-order valence-corrected chi connectivity index (χ1v) is 9.55. The molecule has 2 heterocycles. The molecule has 0 saturated carbocycles. The molecule has 0 N–H and O–H groups in total. The lowest BCUT2D eigenvalue weighted by Gasteiger charge is -2.46. The molecule has 0 radical (unpaired) electrons. The van der Waals surface area contributed by atoms with Crippen LogP contribution in [0.4, 0.5) is 0 Å². The van der Waals surface area contributed by atoms with Crippen LogP contribution < -0.4 is 9.47 Å². The molecule has 0 amide bonds. The number of likely N-dealkylation sites (tertiary alicyclic amines) is 1. The quantitative estimate of drug-likeness (QED) is 0.739. The normalized spacial score (nSPS) is 21.0. The fourth-order valence-corrected chi connectivity index (χ4v) is 3.64. The summed E-state index contributed by atoms with van der Waals surface area (Å²) in [5.74, 6) is 1.37. The SMILES string of the molecule is CCC(C)Oc1c(Cl)cc(CN2CC(N3CCOCC3)C2)cc1OC. The summed E-state index contributed by atoms with van der Waals surface area (Å²) < 4.78 is 16.9. The van der Waals surface area contributed by atoms with E-state index in [9.17, 15) is 0 Å². The van der Waals surface area contributed by atoms with Gasteiger partial charge >= 0.3 is 0 Å². The molecule has 2 saturated heterocycles. The third kappa shape index (κ3) is 4.59. The van der Waals surface area contributed by atoms with Gasteiger partial charge in [-0.05, 0) is 31.0 Å². The Morgan fingerprint density at radius 1 is 1.28 bits per heavy atom. The van der Waals surface area contributed by atoms with E-state index < -0.39 is 0 Å². The fourth-order valence-electron chi connectivity index (χ4n) is 3.37. The van der Waals surface area contributed by atoms with Gasteiger partial charge in [-0.3, -0.25) is 9.80 Å². The van der Waals surface area contributed by atoms with Gasteiger partial charge in [0.2, 0.25) is 0 Å². The van der Waals surface area contributed by atoms with Crippen molar-refractivity contribution in [1.29, 1.82) is 0 Å². The van der Waals surface area contributed by atoms with Crippen LogP contribution in [-0.4, -0.2) is 68.4 Å². The Balaban J connectivity index is 1.59. The van der Waals surface area contributed by atoms with Crippen molar-refractivity contribution < 1.29 is 14.2 Å². The summed E-state index contributed by atoms with van der Waals surface area (Å²) in [4.78, 5) is 4.98. The summed E-state index contributed by atoms with van der Waals surface area (Å²) in [7, 11) is 1.66. The molecule has 2 aliphatic rings. The van der Waals surface area contributed by atoms with Crippen LogP contribution in [0.25, 0.3) is 0 Å². The Kier molecular flexibility index (Phi) is 6.44. The van der Waals surface area contributed by atoms with Crippen LogP contribution in [0.15, 0.2) is 12.1 Å². The number of nitrogens with zero attached hydrogens (tertiary/aromatic N) is 2. The van der Waals surface area contributed by atoms with Crippen molar-refractivity contribution >= 4 is 11.6 Å². The van der Waals surface area contributed by atoms with Gasteiger partial charge in [0, 0.05) is 38.8 Å². The monoisotopic (exact) mass is 368 g/mol. The molecular weight excluding hydrogens is 340 g/mol. The maximum atomic E-state index is 6.46. The highest BCUT2D eigenvalue weighted by molar-refractivity contribution is 6.32. The number of rotatable bonds is 7. The summed E-state index contributed by atoms with van der Waals surface area (Å²) in [5.41, 5.74) is 1.17. The average molecular weight is 369 g/mol. The lowest BCUT2D eigenvalue weighted by molar-refractivity contribution is -0.0344. The molecule has 0 spiro atoms. The van der Waals surface area contributed by atoms with Crippen LogP contribution in [0.5, 0.6) is 11.5 Å². The second-order valence-corrected chi connectivity index (χ2v) is 7.35. The van der Waals surface area contributed by atoms with Crippen LogP contribution in [-0.2, 0) is 11.3 Å². The van der Waals surface area contributed by atoms with Gasteiger partial charge < -0.3 is 14.2 Å². The minimum atomic E-state index is 0.113. The van der Waals surface area contributed by atoms with E-state index in [1.54, 1.807) is 7.11 Å². The van der Waals surface area contributed by atoms with Gasteiger partial charge in [-0.1, -0.05) is 18.5 Å². The van der Waals surface area contributed by atoms with Crippen molar-refractivity contribution in [2.45, 2.75) is 39.0 Å². The maximum Gasteiger partial charge on any atom is 0.180 e. The standard InChI is InChI=1S/C19H29ClN2O3/c1-4-14(2)25-19-17(20)9-15(10-18(19)23-3)11-21-12-16(13-21)22-5-7-24-8-6-22/h9-10,14,16H,4-8,11-13H2,1-3H3. The number of morpholine rings is 1. The zero-order valence-electron chi connectivity index (χ0n) is 15.5. The van der Waals surface area contributed by atoms with E-state index in [-0.39, 0.29) is 6.10 Å². The Hall–Kier alpha value is -1.01. The van der Waals surface area contributed by atoms with Crippen molar-refractivity contribution in [3.05, 3.63) is 22.7 Å². The summed E-state index contributed by atoms with van der Waals surface area (Å²) in [6, 6.07) is 4.71. The number of ether oxygens (including phenoxy) is 3. The molecule has 1 aromatic carbocycles. The highest BCUT2D eigenvalue weighted by Crippen LogP contribution is 2.38. The molecule has 5 nitrogen and oxygen atoms in total. The minimum Gasteiger partial charge on any atom is -0.493 e. The topological polar surface area (TPSA) is 34.2 Å². The average Bonchev–Trinajstić information content (AvgIpc) is 2.60. The molecule has 6 heteroatoms. The maximum absolute atomic E-state index is 6.46. The van der Waals surface area contributed by atoms with Crippen LogP contribution in [0.3, 0.4) is 0 Å². The van der Waals surface area contributed by atoms with Crippen LogP contribution in [0.2, 0.25) is 5.02 Å². The molecule has 140 valence electrons. The number of hydrogen-bond donors (Lipinski definition) is 0. The zero-order valence-corrected chi connectivity index (χ0v) is 16.2. The molecular formula is C19H29ClN2O3. The van der Waals surface area contributed by atoms with E-state index in [4.69, 9.17) is 25.8 Å². The van der Waals surface area contributed by atoms with Crippen molar-refractivity contribution in [2.75, 3.05) is 46.5 Å². The van der Waals surface area contributed by atoms with Crippen LogP contribution in [0, 0.1) is 0 Å². The van der Waals surface area contributed by atoms with Crippen molar-refractivity contribution in [2.24, 2.45) is 0 Å². The third-order valence-electron chi connectivity index (χ3n) is 5.09. The molecule has 1 unspecified atom stereocenters. The third-order valence-corrected chi connectivity index (χ3v) is 5.37. The number of halogens is 1. The Bertz CT molecular complexity index is 572. The molecule has 25 heavy (non-hydrogen) atoms. The van der Waals surface area contributed by atoms with E-state index in [2.05, 4.69) is 16.7 Å². The molecule has 0 aliphatic carbocycles. The van der Waals surface area contributed by atoms with E-state index >= 15 is 0 Å². The highest BCUT2D eigenvalue weighted by atomic mass is 35.5. The van der Waals surface area contributed by atoms with Gasteiger partial charge in [0.05, 0.1) is 31.5 Å². The number of hydrogen-bond acceptors (Lipinski definition) is 5. The Morgan fingerprint density at radius 2 is 2.00 bits per heavy atom. The van der Waals surface area contributed by atoms with Gasteiger partial charge in [-0.25, -0.2) is 0 Å². The molecule has 1 aromatic rings. The fraction of sp³-hybridized carbons (Fsp3) is 0.684. The largest absolute Gasteiger partial charge is 0.493 e. The molecule has 2 fully saturated rings. The van der Waals surface area contributed by atoms with Crippen molar-refractivity contribution in [3.8, 4) is 11.5 Å². The molecule has 2 aliphatic heterocycles.